The molecule has 88 valence electrons. The Kier molecular flexibility index (Phi) is 1.76. The maximum atomic E-state index is 12.5. The fourth-order valence-electron chi connectivity index (χ4n) is 3.98. The van der Waals surface area contributed by atoms with E-state index in [0.717, 1.165) is 25.3 Å². The number of para-hydroxylation sites is 1. The maximum Gasteiger partial charge on any atom is 0.236 e. The van der Waals surface area contributed by atoms with Gasteiger partial charge < -0.3 is 10.2 Å². The minimum absolute atomic E-state index is 0.230. The number of anilines is 1. The number of amides is 1. The van der Waals surface area contributed by atoms with Gasteiger partial charge in [-0.15, -0.1) is 0 Å². The van der Waals surface area contributed by atoms with Crippen molar-refractivity contribution in [3.05, 3.63) is 29.8 Å². The van der Waals surface area contributed by atoms with Gasteiger partial charge in [-0.05, 0) is 36.9 Å². The average molecular weight is 228 g/mol. The lowest BCUT2D eigenvalue weighted by Crippen LogP contribution is -2.41. The number of piperidine rings is 1. The van der Waals surface area contributed by atoms with E-state index >= 15 is 0 Å². The quantitative estimate of drug-likeness (QED) is 0.731. The van der Waals surface area contributed by atoms with Gasteiger partial charge >= 0.3 is 0 Å². The van der Waals surface area contributed by atoms with E-state index in [1.54, 1.807) is 0 Å². The molecule has 0 aliphatic carbocycles. The molecule has 17 heavy (non-hydrogen) atoms. The van der Waals surface area contributed by atoms with Crippen molar-refractivity contribution in [2.75, 3.05) is 25.0 Å². The Bertz CT molecular complexity index is 499. The van der Waals surface area contributed by atoms with Crippen molar-refractivity contribution in [2.45, 2.75) is 18.3 Å². The molecule has 0 aromatic heterocycles. The largest absolute Gasteiger partial charge is 0.325 e. The first-order valence-corrected chi connectivity index (χ1v) is 6.44. The number of carbonyl (C=O) groups excluding carboxylic acids is 1. The molecule has 1 unspecified atom stereocenters. The molecule has 1 N–H and O–H groups in total. The number of rotatable bonds is 0. The van der Waals surface area contributed by atoms with Gasteiger partial charge in [0, 0.05) is 18.8 Å². The summed E-state index contributed by atoms with van der Waals surface area (Å²) < 4.78 is 0. The summed E-state index contributed by atoms with van der Waals surface area (Å²) in [5, 5.41) is 3.08. The van der Waals surface area contributed by atoms with Crippen LogP contribution in [0.25, 0.3) is 0 Å². The molecule has 3 heterocycles. The van der Waals surface area contributed by atoms with E-state index in [1.165, 1.54) is 18.4 Å². The lowest BCUT2D eigenvalue weighted by atomic mass is 9.72. The number of nitrogens with one attached hydrogen (secondary N) is 1. The third kappa shape index (κ3) is 1.08. The Morgan fingerprint density at radius 3 is 3.12 bits per heavy atom. The van der Waals surface area contributed by atoms with E-state index in [4.69, 9.17) is 0 Å². The zero-order valence-electron chi connectivity index (χ0n) is 9.78. The molecule has 3 atom stereocenters. The van der Waals surface area contributed by atoms with Gasteiger partial charge in [-0.2, -0.15) is 0 Å². The molecular weight excluding hydrogens is 212 g/mol. The fourth-order valence-corrected chi connectivity index (χ4v) is 3.98. The monoisotopic (exact) mass is 228 g/mol. The molecule has 1 aromatic carbocycles. The number of hydrogen-bond donors (Lipinski definition) is 1. The van der Waals surface area contributed by atoms with Crippen molar-refractivity contribution >= 4 is 11.6 Å². The highest BCUT2D eigenvalue weighted by Crippen LogP contribution is 2.50. The molecule has 0 radical (unpaired) electrons. The van der Waals surface area contributed by atoms with Gasteiger partial charge in [0.1, 0.15) is 0 Å². The van der Waals surface area contributed by atoms with Crippen molar-refractivity contribution in [2.24, 2.45) is 5.92 Å². The molecule has 1 amide bonds. The van der Waals surface area contributed by atoms with Crippen LogP contribution in [-0.2, 0) is 10.2 Å². The van der Waals surface area contributed by atoms with Crippen molar-refractivity contribution in [1.29, 1.82) is 0 Å². The number of carbonyl (C=O) groups is 1. The van der Waals surface area contributed by atoms with Crippen LogP contribution in [0.3, 0.4) is 0 Å². The summed E-state index contributed by atoms with van der Waals surface area (Å²) in [7, 11) is 0. The highest BCUT2D eigenvalue weighted by atomic mass is 16.2. The van der Waals surface area contributed by atoms with Gasteiger partial charge in [0.25, 0.3) is 0 Å². The Morgan fingerprint density at radius 2 is 2.24 bits per heavy atom. The molecule has 3 aliphatic heterocycles. The summed E-state index contributed by atoms with van der Waals surface area (Å²) in [5.74, 6) is 0.744. The molecule has 2 fully saturated rings. The zero-order valence-corrected chi connectivity index (χ0v) is 9.78. The average Bonchev–Trinajstić information content (AvgIpc) is 2.78. The van der Waals surface area contributed by atoms with Crippen LogP contribution in [0.5, 0.6) is 0 Å². The molecule has 2 saturated heterocycles. The third-order valence-electron chi connectivity index (χ3n) is 4.74. The SMILES string of the molecule is O=C1Nc2ccccc2[C@]12CN1CCC[C@@H]2C1. The minimum Gasteiger partial charge on any atom is -0.325 e. The van der Waals surface area contributed by atoms with Gasteiger partial charge in [0.05, 0.1) is 5.41 Å². The van der Waals surface area contributed by atoms with Crippen molar-refractivity contribution in [3.8, 4) is 0 Å². The van der Waals surface area contributed by atoms with E-state index in [1.807, 2.05) is 12.1 Å². The van der Waals surface area contributed by atoms with Gasteiger partial charge in [0.2, 0.25) is 5.91 Å². The van der Waals surface area contributed by atoms with Crippen LogP contribution in [0, 0.1) is 5.92 Å². The highest BCUT2D eigenvalue weighted by molar-refractivity contribution is 6.07. The van der Waals surface area contributed by atoms with Crippen LogP contribution < -0.4 is 5.32 Å². The van der Waals surface area contributed by atoms with E-state index in [9.17, 15) is 4.79 Å². The number of fused-ring (bicyclic) bond motifs is 5. The standard InChI is InChI=1S/C14H16N2O/c17-13-14(9-16-7-3-4-10(14)8-16)11-5-1-2-6-12(11)15-13/h1-2,5-6,10H,3-4,7-9H2,(H,15,17)/t10-,14-/m1/s1. The lowest BCUT2D eigenvalue weighted by Gasteiger charge is -2.28. The Hall–Kier alpha value is -1.35. The summed E-state index contributed by atoms with van der Waals surface area (Å²) >= 11 is 0. The van der Waals surface area contributed by atoms with E-state index < -0.39 is 0 Å². The molecule has 0 saturated carbocycles. The molecule has 1 aromatic rings. The summed E-state index contributed by atoms with van der Waals surface area (Å²) in [6.45, 7) is 3.18. The van der Waals surface area contributed by atoms with Crippen molar-refractivity contribution in [3.63, 3.8) is 0 Å². The Morgan fingerprint density at radius 1 is 1.35 bits per heavy atom. The summed E-state index contributed by atoms with van der Waals surface area (Å²) in [6, 6.07) is 8.21. The topological polar surface area (TPSA) is 32.3 Å². The summed E-state index contributed by atoms with van der Waals surface area (Å²) in [5.41, 5.74) is 2.03. The highest BCUT2D eigenvalue weighted by Gasteiger charge is 2.57. The van der Waals surface area contributed by atoms with E-state index in [2.05, 4.69) is 22.3 Å². The second kappa shape index (κ2) is 3.10. The van der Waals surface area contributed by atoms with Crippen LogP contribution >= 0.6 is 0 Å². The zero-order chi connectivity index (χ0) is 11.5. The van der Waals surface area contributed by atoms with Gasteiger partial charge in [-0.25, -0.2) is 0 Å². The molecule has 3 heteroatoms. The normalized spacial score (nSPS) is 38.2. The van der Waals surface area contributed by atoms with Crippen LogP contribution in [0.1, 0.15) is 18.4 Å². The van der Waals surface area contributed by atoms with Crippen LogP contribution in [0.4, 0.5) is 5.69 Å². The summed E-state index contributed by atoms with van der Waals surface area (Å²) in [4.78, 5) is 14.9. The van der Waals surface area contributed by atoms with Gasteiger partial charge in [-0.1, -0.05) is 18.2 Å². The first-order valence-electron chi connectivity index (χ1n) is 6.44. The second-order valence-electron chi connectivity index (χ2n) is 5.55. The lowest BCUT2D eigenvalue weighted by molar-refractivity contribution is -0.121. The van der Waals surface area contributed by atoms with Gasteiger partial charge in [-0.3, -0.25) is 4.79 Å². The first kappa shape index (κ1) is 9.66. The number of benzene rings is 1. The predicted octanol–water partition coefficient (Wildman–Crippen LogP) is 1.60. The number of hydrogen-bond acceptors (Lipinski definition) is 2. The molecule has 3 aliphatic rings. The van der Waals surface area contributed by atoms with E-state index in [-0.39, 0.29) is 11.3 Å². The molecule has 2 bridgehead atoms. The van der Waals surface area contributed by atoms with Crippen LogP contribution in [-0.4, -0.2) is 30.4 Å². The predicted molar refractivity (Wildman–Crippen MR) is 65.9 cm³/mol. The van der Waals surface area contributed by atoms with E-state index in [0.29, 0.717) is 5.92 Å². The van der Waals surface area contributed by atoms with Crippen LogP contribution in [0.2, 0.25) is 0 Å². The third-order valence-corrected chi connectivity index (χ3v) is 4.74. The molecular formula is C14H16N2O. The molecule has 4 rings (SSSR count). The maximum absolute atomic E-state index is 12.5. The number of nitrogens with zero attached hydrogens (tertiary/aromatic N) is 1. The Labute approximate surface area is 101 Å². The fraction of sp³-hybridized carbons (Fsp3) is 0.500. The van der Waals surface area contributed by atoms with Crippen molar-refractivity contribution < 1.29 is 4.79 Å². The first-order chi connectivity index (χ1) is 8.30. The molecule has 1 spiro atoms. The second-order valence-corrected chi connectivity index (χ2v) is 5.55. The molecule has 3 nitrogen and oxygen atoms in total. The minimum atomic E-state index is -0.243. The smallest absolute Gasteiger partial charge is 0.236 e. The van der Waals surface area contributed by atoms with Crippen molar-refractivity contribution in [1.82, 2.24) is 4.90 Å². The summed E-state index contributed by atoms with van der Waals surface area (Å²) in [6.07, 6.45) is 2.43. The Balaban J connectivity index is 1.90. The van der Waals surface area contributed by atoms with Gasteiger partial charge in [0.15, 0.2) is 0 Å². The van der Waals surface area contributed by atoms with Crippen LogP contribution in [0.15, 0.2) is 24.3 Å².